The first-order chi connectivity index (χ1) is 11.1. The SMILES string of the molecule is CN1CCN(C(=O)/C(C#N)=C\NCCc2cccc(Br)c2)CC1. The Balaban J connectivity index is 1.84. The molecule has 1 N–H and O–H groups in total. The fourth-order valence-electron chi connectivity index (χ4n) is 2.40. The van der Waals surface area contributed by atoms with E-state index in [1.807, 2.05) is 25.2 Å². The van der Waals surface area contributed by atoms with Crippen molar-refractivity contribution in [3.05, 3.63) is 46.1 Å². The molecule has 122 valence electrons. The van der Waals surface area contributed by atoms with Crippen molar-refractivity contribution in [2.45, 2.75) is 6.42 Å². The van der Waals surface area contributed by atoms with E-state index in [0.717, 1.165) is 24.0 Å². The second-order valence-electron chi connectivity index (χ2n) is 5.60. The molecule has 0 unspecified atom stereocenters. The van der Waals surface area contributed by atoms with Gasteiger partial charge in [-0.1, -0.05) is 28.1 Å². The maximum atomic E-state index is 12.3. The van der Waals surface area contributed by atoms with E-state index >= 15 is 0 Å². The highest BCUT2D eigenvalue weighted by atomic mass is 79.9. The molecule has 0 spiro atoms. The van der Waals surface area contributed by atoms with Crippen LogP contribution in [0.5, 0.6) is 0 Å². The number of halogens is 1. The molecule has 23 heavy (non-hydrogen) atoms. The topological polar surface area (TPSA) is 59.4 Å². The Kier molecular flexibility index (Phi) is 6.63. The predicted octanol–water partition coefficient (Wildman–Crippen LogP) is 1.76. The van der Waals surface area contributed by atoms with E-state index in [1.165, 1.54) is 5.56 Å². The summed E-state index contributed by atoms with van der Waals surface area (Å²) in [5, 5.41) is 12.3. The van der Waals surface area contributed by atoms with Crippen LogP contribution in [0.3, 0.4) is 0 Å². The third-order valence-corrected chi connectivity index (χ3v) is 4.33. The number of benzene rings is 1. The zero-order valence-corrected chi connectivity index (χ0v) is 14.8. The summed E-state index contributed by atoms with van der Waals surface area (Å²) in [4.78, 5) is 16.2. The number of hydrogen-bond donors (Lipinski definition) is 1. The highest BCUT2D eigenvalue weighted by Gasteiger charge is 2.21. The second-order valence-corrected chi connectivity index (χ2v) is 6.52. The van der Waals surface area contributed by atoms with Gasteiger partial charge in [0.15, 0.2) is 0 Å². The van der Waals surface area contributed by atoms with Crippen molar-refractivity contribution < 1.29 is 4.79 Å². The van der Waals surface area contributed by atoms with Crippen LogP contribution in [0.25, 0.3) is 0 Å². The van der Waals surface area contributed by atoms with Crippen LogP contribution in [-0.2, 0) is 11.2 Å². The van der Waals surface area contributed by atoms with Crippen molar-refractivity contribution in [3.8, 4) is 6.07 Å². The average molecular weight is 377 g/mol. The lowest BCUT2D eigenvalue weighted by Crippen LogP contribution is -2.47. The van der Waals surface area contributed by atoms with E-state index in [4.69, 9.17) is 0 Å². The molecule has 0 aromatic heterocycles. The molecule has 0 bridgehead atoms. The summed E-state index contributed by atoms with van der Waals surface area (Å²) in [6.07, 6.45) is 2.37. The van der Waals surface area contributed by atoms with Gasteiger partial charge in [-0.2, -0.15) is 5.26 Å². The molecule has 1 heterocycles. The van der Waals surface area contributed by atoms with Gasteiger partial charge in [-0.3, -0.25) is 4.79 Å². The molecule has 0 saturated carbocycles. The molecule has 5 nitrogen and oxygen atoms in total. The minimum absolute atomic E-state index is 0.170. The molecule has 1 saturated heterocycles. The van der Waals surface area contributed by atoms with Gasteiger partial charge in [-0.15, -0.1) is 0 Å². The Bertz CT molecular complexity index is 615. The van der Waals surface area contributed by atoms with Crippen LogP contribution in [0.4, 0.5) is 0 Å². The average Bonchev–Trinajstić information content (AvgIpc) is 2.55. The van der Waals surface area contributed by atoms with Gasteiger partial charge in [0.1, 0.15) is 11.6 Å². The van der Waals surface area contributed by atoms with Crippen molar-refractivity contribution in [1.29, 1.82) is 5.26 Å². The lowest BCUT2D eigenvalue weighted by Gasteiger charge is -2.32. The number of piperazine rings is 1. The van der Waals surface area contributed by atoms with Gasteiger partial charge in [0.2, 0.25) is 0 Å². The van der Waals surface area contributed by atoms with Gasteiger partial charge in [0.05, 0.1) is 0 Å². The second kappa shape index (κ2) is 8.70. The molecule has 2 rings (SSSR count). The fraction of sp³-hybridized carbons (Fsp3) is 0.412. The van der Waals surface area contributed by atoms with Crippen LogP contribution in [0.2, 0.25) is 0 Å². The summed E-state index contributed by atoms with van der Waals surface area (Å²) >= 11 is 3.44. The lowest BCUT2D eigenvalue weighted by molar-refractivity contribution is -0.128. The Morgan fingerprint density at radius 3 is 2.78 bits per heavy atom. The molecule has 1 aliphatic rings. The standard InChI is InChI=1S/C17H21BrN4O/c1-21-7-9-22(10-8-21)17(23)15(12-19)13-20-6-5-14-3-2-4-16(18)11-14/h2-4,11,13,20H,5-10H2,1H3/b15-13-. The van der Waals surface area contributed by atoms with E-state index in [0.29, 0.717) is 19.6 Å². The number of nitriles is 1. The molecule has 1 aromatic rings. The molecule has 0 atom stereocenters. The Labute approximate surface area is 145 Å². The lowest BCUT2D eigenvalue weighted by atomic mass is 10.1. The van der Waals surface area contributed by atoms with Crippen LogP contribution in [0, 0.1) is 11.3 Å². The van der Waals surface area contributed by atoms with Crippen LogP contribution in [-0.4, -0.2) is 55.5 Å². The normalized spacial score (nSPS) is 16.0. The van der Waals surface area contributed by atoms with Crippen molar-refractivity contribution in [3.63, 3.8) is 0 Å². The third kappa shape index (κ3) is 5.38. The van der Waals surface area contributed by atoms with Gasteiger partial charge in [0.25, 0.3) is 5.91 Å². The maximum absolute atomic E-state index is 12.3. The molecule has 1 aromatic carbocycles. The number of likely N-dealkylation sites (N-methyl/N-ethyl adjacent to an activating group) is 1. The van der Waals surface area contributed by atoms with E-state index < -0.39 is 0 Å². The smallest absolute Gasteiger partial charge is 0.266 e. The zero-order valence-electron chi connectivity index (χ0n) is 13.3. The summed E-state index contributed by atoms with van der Waals surface area (Å²) in [5.74, 6) is -0.185. The number of nitrogens with zero attached hydrogens (tertiary/aromatic N) is 3. The van der Waals surface area contributed by atoms with Crippen molar-refractivity contribution in [2.75, 3.05) is 39.8 Å². The van der Waals surface area contributed by atoms with Crippen molar-refractivity contribution in [2.24, 2.45) is 0 Å². The largest absolute Gasteiger partial charge is 0.389 e. The Morgan fingerprint density at radius 1 is 1.39 bits per heavy atom. The van der Waals surface area contributed by atoms with Crippen LogP contribution in [0.15, 0.2) is 40.5 Å². The summed E-state index contributed by atoms with van der Waals surface area (Å²) in [5.41, 5.74) is 1.37. The Morgan fingerprint density at radius 2 is 2.13 bits per heavy atom. The molecular weight excluding hydrogens is 356 g/mol. The minimum atomic E-state index is -0.185. The first-order valence-corrected chi connectivity index (χ1v) is 8.45. The van der Waals surface area contributed by atoms with Gasteiger partial charge in [0, 0.05) is 43.4 Å². The summed E-state index contributed by atoms with van der Waals surface area (Å²) in [7, 11) is 2.03. The number of rotatable bonds is 5. The predicted molar refractivity (Wildman–Crippen MR) is 93.6 cm³/mol. The van der Waals surface area contributed by atoms with Gasteiger partial charge in [-0.25, -0.2) is 0 Å². The molecular formula is C17H21BrN4O. The van der Waals surface area contributed by atoms with E-state index in [-0.39, 0.29) is 11.5 Å². The van der Waals surface area contributed by atoms with Gasteiger partial charge in [-0.05, 0) is 31.2 Å². The first kappa shape index (κ1) is 17.5. The quantitative estimate of drug-likeness (QED) is 0.483. The minimum Gasteiger partial charge on any atom is -0.389 e. The number of hydrogen-bond acceptors (Lipinski definition) is 4. The number of amides is 1. The monoisotopic (exact) mass is 376 g/mol. The molecule has 0 aliphatic carbocycles. The number of carbonyl (C=O) groups excluding carboxylic acids is 1. The van der Waals surface area contributed by atoms with E-state index in [1.54, 1.807) is 11.1 Å². The fourth-order valence-corrected chi connectivity index (χ4v) is 2.85. The number of nitrogens with one attached hydrogen (secondary N) is 1. The van der Waals surface area contributed by atoms with Gasteiger partial charge >= 0.3 is 0 Å². The molecule has 6 heteroatoms. The van der Waals surface area contributed by atoms with Crippen LogP contribution in [0.1, 0.15) is 5.56 Å². The molecule has 1 fully saturated rings. The molecule has 1 aliphatic heterocycles. The summed E-state index contributed by atoms with van der Waals surface area (Å²) in [6, 6.07) is 10.1. The van der Waals surface area contributed by atoms with Crippen molar-refractivity contribution in [1.82, 2.24) is 15.1 Å². The van der Waals surface area contributed by atoms with Gasteiger partial charge < -0.3 is 15.1 Å². The number of carbonyl (C=O) groups is 1. The van der Waals surface area contributed by atoms with E-state index in [9.17, 15) is 10.1 Å². The third-order valence-electron chi connectivity index (χ3n) is 3.83. The first-order valence-electron chi connectivity index (χ1n) is 7.66. The van der Waals surface area contributed by atoms with E-state index in [2.05, 4.69) is 38.3 Å². The van der Waals surface area contributed by atoms with Crippen LogP contribution < -0.4 is 5.32 Å². The van der Waals surface area contributed by atoms with Crippen LogP contribution >= 0.6 is 15.9 Å². The molecule has 0 radical (unpaired) electrons. The molecule has 1 amide bonds. The van der Waals surface area contributed by atoms with Crippen molar-refractivity contribution >= 4 is 21.8 Å². The summed E-state index contributed by atoms with van der Waals surface area (Å²) in [6.45, 7) is 3.72. The highest BCUT2D eigenvalue weighted by molar-refractivity contribution is 9.10. The summed E-state index contributed by atoms with van der Waals surface area (Å²) < 4.78 is 1.05. The Hall–Kier alpha value is -1.84. The zero-order chi connectivity index (χ0) is 16.7. The highest BCUT2D eigenvalue weighted by Crippen LogP contribution is 2.11. The maximum Gasteiger partial charge on any atom is 0.266 e.